The monoisotopic (exact) mass is 345 g/mol. The van der Waals surface area contributed by atoms with Gasteiger partial charge in [0.2, 0.25) is 0 Å². The largest absolute Gasteiger partial charge is 0.312 e. The molecular formula is C18H23N3O2S. The average Bonchev–Trinajstić information content (AvgIpc) is 3.24. The summed E-state index contributed by atoms with van der Waals surface area (Å²) in [5.74, 6) is 0.763. The maximum absolute atomic E-state index is 10.7. The summed E-state index contributed by atoms with van der Waals surface area (Å²) in [5.41, 5.74) is 1.17. The normalized spacial score (nSPS) is 18.1. The van der Waals surface area contributed by atoms with Crippen LogP contribution in [0.15, 0.2) is 36.4 Å². The van der Waals surface area contributed by atoms with E-state index in [9.17, 15) is 10.1 Å². The topological polar surface area (TPSA) is 58.4 Å². The minimum absolute atomic E-state index is 0.134. The van der Waals surface area contributed by atoms with Gasteiger partial charge in [0, 0.05) is 35.0 Å². The average molecular weight is 345 g/mol. The van der Waals surface area contributed by atoms with Crippen LogP contribution in [0.25, 0.3) is 10.4 Å². The van der Waals surface area contributed by atoms with E-state index < -0.39 is 0 Å². The van der Waals surface area contributed by atoms with Gasteiger partial charge in [-0.05, 0) is 61.8 Å². The first-order valence-corrected chi connectivity index (χ1v) is 9.24. The highest BCUT2D eigenvalue weighted by molar-refractivity contribution is 7.15. The molecule has 0 saturated carbocycles. The number of likely N-dealkylation sites (tertiary alicyclic amines) is 1. The SMILES string of the molecule is CCN1CCC(CNCc2ccc(-c3ccc([N+](=O)[O-])cc3)s2)C1. The number of hydrogen-bond donors (Lipinski definition) is 1. The number of nitro benzene ring substituents is 1. The fourth-order valence-electron chi connectivity index (χ4n) is 3.14. The van der Waals surface area contributed by atoms with Crippen molar-refractivity contribution < 1.29 is 4.92 Å². The molecule has 0 radical (unpaired) electrons. The van der Waals surface area contributed by atoms with Gasteiger partial charge in [0.1, 0.15) is 0 Å². The van der Waals surface area contributed by atoms with Gasteiger partial charge in [-0.1, -0.05) is 6.92 Å². The van der Waals surface area contributed by atoms with Crippen molar-refractivity contribution in [2.24, 2.45) is 5.92 Å². The molecule has 0 amide bonds. The lowest BCUT2D eigenvalue weighted by molar-refractivity contribution is -0.384. The van der Waals surface area contributed by atoms with Gasteiger partial charge in [-0.2, -0.15) is 0 Å². The molecule has 1 aliphatic rings. The van der Waals surface area contributed by atoms with Crippen LogP contribution in [-0.4, -0.2) is 36.0 Å². The highest BCUT2D eigenvalue weighted by Gasteiger charge is 2.20. The third kappa shape index (κ3) is 4.20. The molecule has 5 nitrogen and oxygen atoms in total. The van der Waals surface area contributed by atoms with Crippen LogP contribution < -0.4 is 5.32 Å². The zero-order chi connectivity index (χ0) is 16.9. The zero-order valence-electron chi connectivity index (χ0n) is 13.9. The van der Waals surface area contributed by atoms with Crippen molar-refractivity contribution in [3.8, 4) is 10.4 Å². The Balaban J connectivity index is 1.51. The van der Waals surface area contributed by atoms with E-state index in [1.54, 1.807) is 23.5 Å². The highest BCUT2D eigenvalue weighted by atomic mass is 32.1. The number of rotatable bonds is 7. The van der Waals surface area contributed by atoms with Gasteiger partial charge in [-0.25, -0.2) is 0 Å². The smallest absolute Gasteiger partial charge is 0.269 e. The molecule has 1 unspecified atom stereocenters. The molecule has 1 aliphatic heterocycles. The van der Waals surface area contributed by atoms with Gasteiger partial charge in [-0.3, -0.25) is 10.1 Å². The molecule has 2 aromatic rings. The van der Waals surface area contributed by atoms with E-state index in [0.29, 0.717) is 0 Å². The minimum Gasteiger partial charge on any atom is -0.312 e. The predicted molar refractivity (Wildman–Crippen MR) is 98.3 cm³/mol. The molecular weight excluding hydrogens is 322 g/mol. The number of non-ortho nitro benzene ring substituents is 1. The first kappa shape index (κ1) is 17.1. The van der Waals surface area contributed by atoms with Crippen LogP contribution in [0.5, 0.6) is 0 Å². The van der Waals surface area contributed by atoms with Crippen molar-refractivity contribution in [2.75, 3.05) is 26.2 Å². The Morgan fingerprint density at radius 3 is 2.75 bits per heavy atom. The van der Waals surface area contributed by atoms with Crippen molar-refractivity contribution in [3.63, 3.8) is 0 Å². The van der Waals surface area contributed by atoms with Gasteiger partial charge in [0.05, 0.1) is 4.92 Å². The van der Waals surface area contributed by atoms with Crippen LogP contribution in [0.2, 0.25) is 0 Å². The van der Waals surface area contributed by atoms with Gasteiger partial charge < -0.3 is 10.2 Å². The van der Waals surface area contributed by atoms with Gasteiger partial charge in [-0.15, -0.1) is 11.3 Å². The molecule has 6 heteroatoms. The van der Waals surface area contributed by atoms with Crippen molar-refractivity contribution in [2.45, 2.75) is 19.9 Å². The van der Waals surface area contributed by atoms with Crippen LogP contribution in [0.3, 0.4) is 0 Å². The van der Waals surface area contributed by atoms with Crippen LogP contribution in [-0.2, 0) is 6.54 Å². The number of benzene rings is 1. The fourth-order valence-corrected chi connectivity index (χ4v) is 4.12. The molecule has 1 aromatic carbocycles. The number of nitrogens with one attached hydrogen (secondary N) is 1. The minimum atomic E-state index is -0.365. The number of nitrogens with zero attached hydrogens (tertiary/aromatic N) is 2. The van der Waals surface area contributed by atoms with Crippen LogP contribution >= 0.6 is 11.3 Å². The van der Waals surface area contributed by atoms with E-state index >= 15 is 0 Å². The molecule has 1 atom stereocenters. The highest BCUT2D eigenvalue weighted by Crippen LogP contribution is 2.29. The fraction of sp³-hybridized carbons (Fsp3) is 0.444. The summed E-state index contributed by atoms with van der Waals surface area (Å²) in [4.78, 5) is 15.3. The maximum Gasteiger partial charge on any atom is 0.269 e. The third-order valence-electron chi connectivity index (χ3n) is 4.57. The maximum atomic E-state index is 10.7. The standard InChI is InChI=1S/C18H23N3O2S/c1-2-20-10-9-14(13-20)11-19-12-17-7-8-18(24-17)15-3-5-16(6-4-15)21(22)23/h3-8,14,19H,2,9-13H2,1H3. The van der Waals surface area contributed by atoms with Crippen LogP contribution in [0.4, 0.5) is 5.69 Å². The molecule has 0 aliphatic carbocycles. The zero-order valence-corrected chi connectivity index (χ0v) is 14.7. The van der Waals surface area contributed by atoms with E-state index in [1.165, 1.54) is 24.4 Å². The molecule has 2 heterocycles. The lowest BCUT2D eigenvalue weighted by Gasteiger charge is -2.13. The molecule has 0 bridgehead atoms. The van der Waals surface area contributed by atoms with Gasteiger partial charge in [0.25, 0.3) is 5.69 Å². The Morgan fingerprint density at radius 2 is 2.08 bits per heavy atom. The Hall–Kier alpha value is -1.76. The molecule has 24 heavy (non-hydrogen) atoms. The summed E-state index contributed by atoms with van der Waals surface area (Å²) < 4.78 is 0. The van der Waals surface area contributed by atoms with Crippen LogP contribution in [0.1, 0.15) is 18.2 Å². The van der Waals surface area contributed by atoms with E-state index in [-0.39, 0.29) is 10.6 Å². The Bertz CT molecular complexity index is 684. The first-order valence-electron chi connectivity index (χ1n) is 8.42. The first-order chi connectivity index (χ1) is 11.7. The second kappa shape index (κ2) is 7.88. The summed E-state index contributed by atoms with van der Waals surface area (Å²) in [6.45, 7) is 7.77. The summed E-state index contributed by atoms with van der Waals surface area (Å²) in [7, 11) is 0. The van der Waals surface area contributed by atoms with Crippen molar-refractivity contribution in [1.82, 2.24) is 10.2 Å². The van der Waals surface area contributed by atoms with E-state index in [0.717, 1.165) is 36.0 Å². The van der Waals surface area contributed by atoms with Crippen LogP contribution in [0, 0.1) is 16.0 Å². The molecule has 3 rings (SSSR count). The van der Waals surface area contributed by atoms with Gasteiger partial charge in [0.15, 0.2) is 0 Å². The molecule has 1 fully saturated rings. The second-order valence-electron chi connectivity index (χ2n) is 6.25. The number of thiophene rings is 1. The molecule has 1 aromatic heterocycles. The molecule has 0 spiro atoms. The number of hydrogen-bond acceptors (Lipinski definition) is 5. The summed E-state index contributed by atoms with van der Waals surface area (Å²) in [5, 5.41) is 14.3. The van der Waals surface area contributed by atoms with E-state index in [2.05, 4.69) is 29.3 Å². The van der Waals surface area contributed by atoms with E-state index in [1.807, 2.05) is 12.1 Å². The second-order valence-corrected chi connectivity index (χ2v) is 7.42. The summed E-state index contributed by atoms with van der Waals surface area (Å²) >= 11 is 1.75. The summed E-state index contributed by atoms with van der Waals surface area (Å²) in [6, 6.07) is 11.0. The third-order valence-corrected chi connectivity index (χ3v) is 5.71. The van der Waals surface area contributed by atoms with Crippen molar-refractivity contribution in [1.29, 1.82) is 0 Å². The Labute approximate surface area is 146 Å². The lowest BCUT2D eigenvalue weighted by atomic mass is 10.1. The predicted octanol–water partition coefficient (Wildman–Crippen LogP) is 3.75. The molecule has 1 N–H and O–H groups in total. The van der Waals surface area contributed by atoms with E-state index in [4.69, 9.17) is 0 Å². The molecule has 128 valence electrons. The lowest BCUT2D eigenvalue weighted by Crippen LogP contribution is -2.25. The summed E-state index contributed by atoms with van der Waals surface area (Å²) in [6.07, 6.45) is 1.29. The number of nitro groups is 1. The Kier molecular flexibility index (Phi) is 5.60. The van der Waals surface area contributed by atoms with Gasteiger partial charge >= 0.3 is 0 Å². The quantitative estimate of drug-likeness (QED) is 0.613. The molecule has 1 saturated heterocycles. The van der Waals surface area contributed by atoms with Crippen molar-refractivity contribution in [3.05, 3.63) is 51.4 Å². The van der Waals surface area contributed by atoms with Crippen molar-refractivity contribution >= 4 is 17.0 Å². The Morgan fingerprint density at radius 1 is 1.29 bits per heavy atom.